The first-order valence-corrected chi connectivity index (χ1v) is 11.9. The van der Waals surface area contributed by atoms with E-state index in [-0.39, 0.29) is 30.0 Å². The van der Waals surface area contributed by atoms with E-state index < -0.39 is 17.6 Å². The lowest BCUT2D eigenvalue weighted by Gasteiger charge is -2.24. The molecule has 10 nitrogen and oxygen atoms in total. The van der Waals surface area contributed by atoms with Gasteiger partial charge in [0.2, 0.25) is 5.91 Å². The molecule has 0 spiro atoms. The van der Waals surface area contributed by atoms with Gasteiger partial charge in [0.25, 0.3) is 0 Å². The molecule has 3 rings (SSSR count). The number of aliphatic imine (C=N–C) groups is 1. The van der Waals surface area contributed by atoms with Crippen LogP contribution in [-0.4, -0.2) is 64.9 Å². The highest BCUT2D eigenvalue weighted by Gasteiger charge is 2.29. The summed E-state index contributed by atoms with van der Waals surface area (Å²) >= 11 is 0. The normalized spacial score (nSPS) is 18.1. The van der Waals surface area contributed by atoms with Crippen LogP contribution in [0, 0.1) is 0 Å². The van der Waals surface area contributed by atoms with Crippen molar-refractivity contribution in [2.24, 2.45) is 16.5 Å². The van der Waals surface area contributed by atoms with Gasteiger partial charge in [-0.15, -0.1) is 0 Å². The third kappa shape index (κ3) is 7.21. The number of carbonyl (C=O) groups excluding carboxylic acids is 3. The Labute approximate surface area is 205 Å². The summed E-state index contributed by atoms with van der Waals surface area (Å²) in [4.78, 5) is 44.9. The van der Waals surface area contributed by atoms with Crippen LogP contribution in [0.2, 0.25) is 0 Å². The molecule has 0 bridgehead atoms. The molecule has 0 unspecified atom stereocenters. The fraction of sp³-hybridized carbons (Fsp3) is 0.520. The number of esters is 1. The third-order valence-corrected chi connectivity index (χ3v) is 5.68. The molecule has 0 radical (unpaired) electrons. The van der Waals surface area contributed by atoms with Gasteiger partial charge in [-0.3, -0.25) is 9.79 Å². The molecule has 10 heteroatoms. The van der Waals surface area contributed by atoms with Crippen LogP contribution >= 0.6 is 0 Å². The summed E-state index contributed by atoms with van der Waals surface area (Å²) in [5.74, 6) is -0.222. The van der Waals surface area contributed by atoms with E-state index in [4.69, 9.17) is 20.9 Å². The summed E-state index contributed by atoms with van der Waals surface area (Å²) < 4.78 is 11.0. The number of rotatable bonds is 7. The van der Waals surface area contributed by atoms with Crippen LogP contribution in [0.5, 0.6) is 5.75 Å². The van der Waals surface area contributed by atoms with E-state index in [1.165, 1.54) is 11.1 Å². The Morgan fingerprint density at radius 1 is 1.11 bits per heavy atom. The number of hydrogen-bond acceptors (Lipinski definition) is 7. The predicted molar refractivity (Wildman–Crippen MR) is 131 cm³/mol. The highest BCUT2D eigenvalue weighted by molar-refractivity contribution is 6.01. The number of ether oxygens (including phenoxy) is 2. The van der Waals surface area contributed by atoms with Gasteiger partial charge in [-0.05, 0) is 57.7 Å². The average molecular weight is 486 g/mol. The van der Waals surface area contributed by atoms with Gasteiger partial charge < -0.3 is 30.7 Å². The Kier molecular flexibility index (Phi) is 8.37. The smallest absolute Gasteiger partial charge is 0.415 e. The van der Waals surface area contributed by atoms with Gasteiger partial charge in [-0.2, -0.15) is 0 Å². The van der Waals surface area contributed by atoms with Gasteiger partial charge in [-0.25, -0.2) is 9.59 Å². The van der Waals surface area contributed by atoms with Crippen molar-refractivity contribution in [1.29, 1.82) is 0 Å². The van der Waals surface area contributed by atoms with Gasteiger partial charge in [0, 0.05) is 38.7 Å². The molecule has 4 N–H and O–H groups in total. The first-order chi connectivity index (χ1) is 16.6. The molecule has 2 fully saturated rings. The third-order valence-electron chi connectivity index (χ3n) is 5.68. The molecule has 1 atom stereocenters. The lowest BCUT2D eigenvalue weighted by atomic mass is 10.1. The monoisotopic (exact) mass is 485 g/mol. The molecule has 0 aromatic heterocycles. The van der Waals surface area contributed by atoms with Crippen molar-refractivity contribution in [3.05, 3.63) is 41.7 Å². The zero-order chi connectivity index (χ0) is 25.6. The second-order valence-corrected chi connectivity index (χ2v) is 9.67. The molecule has 1 aromatic rings. The van der Waals surface area contributed by atoms with Crippen molar-refractivity contribution >= 4 is 23.8 Å². The van der Waals surface area contributed by atoms with Gasteiger partial charge in [-0.1, -0.05) is 12.1 Å². The molecule has 1 aromatic carbocycles. The number of amides is 2. The maximum atomic E-state index is 13.0. The molecule has 2 amide bonds. The zero-order valence-electron chi connectivity index (χ0n) is 20.7. The molecule has 2 saturated heterocycles. The SMILES string of the molecule is CC(C)(C)OC(=O)[C@H](Cc1ccc(OC(=O)N2CCCC2)cc1)N=C(N)C(=CN)N1CCCC1=O. The van der Waals surface area contributed by atoms with Crippen molar-refractivity contribution in [1.82, 2.24) is 9.80 Å². The number of nitrogens with two attached hydrogens (primary N) is 2. The highest BCUT2D eigenvalue weighted by Crippen LogP contribution is 2.20. The fourth-order valence-electron chi connectivity index (χ4n) is 3.98. The minimum absolute atomic E-state index is 0.00484. The van der Waals surface area contributed by atoms with E-state index in [1.54, 1.807) is 49.9 Å². The van der Waals surface area contributed by atoms with Gasteiger partial charge in [0.15, 0.2) is 6.04 Å². The van der Waals surface area contributed by atoms with E-state index in [2.05, 4.69) is 4.99 Å². The molecule has 2 heterocycles. The molecular formula is C25H35N5O5. The standard InChI is InChI=1S/C25H35N5O5/c1-25(2,3)35-23(32)19(28-22(27)20(16-26)30-14-6-7-21(30)31)15-17-8-10-18(11-9-17)34-24(33)29-12-4-5-13-29/h8-11,16,19H,4-7,12-15,26H2,1-3H3,(H2,27,28)/t19-/m0/s1. The topological polar surface area (TPSA) is 141 Å². The quantitative estimate of drug-likeness (QED) is 0.343. The first-order valence-electron chi connectivity index (χ1n) is 11.9. The summed E-state index contributed by atoms with van der Waals surface area (Å²) in [6.45, 7) is 7.21. The molecule has 2 aliphatic heterocycles. The molecular weight excluding hydrogens is 450 g/mol. The maximum Gasteiger partial charge on any atom is 0.415 e. The van der Waals surface area contributed by atoms with Crippen LogP contribution in [0.4, 0.5) is 4.79 Å². The molecule has 0 saturated carbocycles. The number of benzene rings is 1. The predicted octanol–water partition coefficient (Wildman–Crippen LogP) is 2.31. The van der Waals surface area contributed by atoms with E-state index in [9.17, 15) is 14.4 Å². The van der Waals surface area contributed by atoms with Crippen molar-refractivity contribution in [3.63, 3.8) is 0 Å². The molecule has 0 aliphatic carbocycles. The Morgan fingerprint density at radius 3 is 2.31 bits per heavy atom. The van der Waals surface area contributed by atoms with Gasteiger partial charge in [0.1, 0.15) is 22.9 Å². The first kappa shape index (κ1) is 26.1. The summed E-state index contributed by atoms with van der Waals surface area (Å²) in [7, 11) is 0. The minimum atomic E-state index is -0.958. The van der Waals surface area contributed by atoms with Crippen LogP contribution in [0.25, 0.3) is 0 Å². The lowest BCUT2D eigenvalue weighted by molar-refractivity contribution is -0.156. The summed E-state index contributed by atoms with van der Waals surface area (Å²) in [5.41, 5.74) is 12.3. The summed E-state index contributed by atoms with van der Waals surface area (Å²) in [6, 6.07) is 5.92. The second kappa shape index (κ2) is 11.2. The number of nitrogens with zero attached hydrogens (tertiary/aromatic N) is 3. The van der Waals surface area contributed by atoms with Crippen molar-refractivity contribution in [2.75, 3.05) is 19.6 Å². The average Bonchev–Trinajstić information content (AvgIpc) is 3.46. The largest absolute Gasteiger partial charge is 0.458 e. The van der Waals surface area contributed by atoms with E-state index >= 15 is 0 Å². The Hall–Kier alpha value is -3.56. The van der Waals surface area contributed by atoms with Gasteiger partial charge in [0.05, 0.1) is 0 Å². The summed E-state index contributed by atoms with van der Waals surface area (Å²) in [6.07, 6.45) is 4.15. The lowest BCUT2D eigenvalue weighted by Crippen LogP contribution is -2.37. The fourth-order valence-corrected chi connectivity index (χ4v) is 3.98. The Balaban J connectivity index is 1.76. The van der Waals surface area contributed by atoms with Crippen molar-refractivity contribution in [2.45, 2.75) is 64.5 Å². The Bertz CT molecular complexity index is 990. The minimum Gasteiger partial charge on any atom is -0.458 e. The number of hydrogen-bond donors (Lipinski definition) is 2. The van der Waals surface area contributed by atoms with Crippen LogP contribution in [0.3, 0.4) is 0 Å². The van der Waals surface area contributed by atoms with Crippen LogP contribution < -0.4 is 16.2 Å². The second-order valence-electron chi connectivity index (χ2n) is 9.67. The number of likely N-dealkylation sites (tertiary alicyclic amines) is 2. The summed E-state index contributed by atoms with van der Waals surface area (Å²) in [5, 5.41) is 0. The molecule has 2 aliphatic rings. The molecule has 190 valence electrons. The Morgan fingerprint density at radius 2 is 1.77 bits per heavy atom. The van der Waals surface area contributed by atoms with Crippen molar-refractivity contribution < 1.29 is 23.9 Å². The van der Waals surface area contributed by atoms with E-state index in [0.717, 1.165) is 18.4 Å². The van der Waals surface area contributed by atoms with Crippen LogP contribution in [-0.2, 0) is 20.7 Å². The van der Waals surface area contributed by atoms with Crippen LogP contribution in [0.15, 0.2) is 41.2 Å². The zero-order valence-corrected chi connectivity index (χ0v) is 20.7. The maximum absolute atomic E-state index is 13.0. The van der Waals surface area contributed by atoms with E-state index in [1.807, 2.05) is 0 Å². The van der Waals surface area contributed by atoms with Crippen LogP contribution in [0.1, 0.15) is 52.0 Å². The molecule has 35 heavy (non-hydrogen) atoms. The highest BCUT2D eigenvalue weighted by atomic mass is 16.6. The van der Waals surface area contributed by atoms with Gasteiger partial charge >= 0.3 is 12.1 Å². The number of amidine groups is 1. The number of carbonyl (C=O) groups is 3. The van der Waals surface area contributed by atoms with E-state index in [0.29, 0.717) is 38.2 Å². The van der Waals surface area contributed by atoms with Crippen molar-refractivity contribution in [3.8, 4) is 5.75 Å².